The van der Waals surface area contributed by atoms with Crippen molar-refractivity contribution in [2.45, 2.75) is 40.0 Å². The second kappa shape index (κ2) is 9.37. The zero-order valence-corrected chi connectivity index (χ0v) is 19.6. The number of amides is 2. The number of aryl methyl sites for hydroxylation is 1. The van der Waals surface area contributed by atoms with E-state index in [4.69, 9.17) is 16.3 Å². The average Bonchev–Trinajstić information content (AvgIpc) is 3.05. The average molecular weight is 453 g/mol. The first-order valence-corrected chi connectivity index (χ1v) is 11.7. The number of likely N-dealkylation sites (tertiary alicyclic amines) is 1. The normalized spacial score (nSPS) is 17.5. The molecule has 0 unspecified atom stereocenters. The predicted octanol–water partition coefficient (Wildman–Crippen LogP) is 5.45. The van der Waals surface area contributed by atoms with Crippen LogP contribution in [-0.2, 0) is 9.59 Å². The summed E-state index contributed by atoms with van der Waals surface area (Å²) in [6, 6.07) is 12.7. The number of hydrogen-bond acceptors (Lipinski definition) is 4. The molecule has 2 aliphatic rings. The first-order chi connectivity index (χ1) is 15.4. The van der Waals surface area contributed by atoms with E-state index in [2.05, 4.69) is 18.7 Å². The topological polar surface area (TPSA) is 49.9 Å². The van der Waals surface area contributed by atoms with Gasteiger partial charge in [0.05, 0.1) is 17.9 Å². The van der Waals surface area contributed by atoms with Crippen molar-refractivity contribution in [3.8, 4) is 5.75 Å². The molecule has 6 heteroatoms. The lowest BCUT2D eigenvalue weighted by atomic mass is 9.97. The molecular formula is C26H29ClN2O3. The third-order valence-electron chi connectivity index (χ3n) is 6.19. The molecule has 2 heterocycles. The first kappa shape index (κ1) is 22.4. The third-order valence-corrected chi connectivity index (χ3v) is 6.42. The summed E-state index contributed by atoms with van der Waals surface area (Å²) in [4.78, 5) is 30.8. The third kappa shape index (κ3) is 4.26. The Balaban J connectivity index is 1.77. The van der Waals surface area contributed by atoms with Crippen LogP contribution in [-0.4, -0.2) is 36.4 Å². The lowest BCUT2D eigenvalue weighted by Crippen LogP contribution is -2.38. The fraction of sp³-hybridized carbons (Fsp3) is 0.385. The maximum atomic E-state index is 13.7. The lowest BCUT2D eigenvalue weighted by Gasteiger charge is -2.32. The molecule has 2 aromatic carbocycles. The van der Waals surface area contributed by atoms with Crippen molar-refractivity contribution in [2.24, 2.45) is 5.92 Å². The minimum atomic E-state index is -0.309. The smallest absolute Gasteiger partial charge is 0.282 e. The molecule has 32 heavy (non-hydrogen) atoms. The molecule has 2 amide bonds. The second-order valence-electron chi connectivity index (χ2n) is 8.64. The summed E-state index contributed by atoms with van der Waals surface area (Å²) in [5.74, 6) is 0.778. The van der Waals surface area contributed by atoms with Gasteiger partial charge in [0.1, 0.15) is 11.4 Å². The van der Waals surface area contributed by atoms with Crippen LogP contribution in [0, 0.1) is 12.8 Å². The molecule has 0 aliphatic carbocycles. The fourth-order valence-electron chi connectivity index (χ4n) is 4.28. The van der Waals surface area contributed by atoms with Crippen molar-refractivity contribution >= 4 is 34.7 Å². The van der Waals surface area contributed by atoms with Crippen molar-refractivity contribution in [2.75, 3.05) is 24.6 Å². The molecular weight excluding hydrogens is 424 g/mol. The number of imide groups is 1. The monoisotopic (exact) mass is 452 g/mol. The van der Waals surface area contributed by atoms with Crippen molar-refractivity contribution in [1.29, 1.82) is 0 Å². The summed E-state index contributed by atoms with van der Waals surface area (Å²) in [6.07, 6.45) is 2.92. The summed E-state index contributed by atoms with van der Waals surface area (Å²) in [5, 5.41) is 0.491. The SMILES string of the molecule is CCCOc1ccc(C2=C(N3CCC(C)CC3)C(=O)N(c3cc(Cl)ccc3C)C2=O)cc1. The van der Waals surface area contributed by atoms with E-state index in [1.807, 2.05) is 37.3 Å². The van der Waals surface area contributed by atoms with E-state index in [1.165, 1.54) is 4.90 Å². The molecule has 0 saturated carbocycles. The van der Waals surface area contributed by atoms with Crippen molar-refractivity contribution in [3.63, 3.8) is 0 Å². The number of halogens is 1. The molecule has 1 fully saturated rings. The number of carbonyl (C=O) groups excluding carboxylic acids is 2. The molecule has 0 atom stereocenters. The van der Waals surface area contributed by atoms with Crippen molar-refractivity contribution in [1.82, 2.24) is 4.90 Å². The van der Waals surface area contributed by atoms with Crippen LogP contribution >= 0.6 is 11.6 Å². The summed E-state index contributed by atoms with van der Waals surface area (Å²) in [5.41, 5.74) is 3.03. The number of benzene rings is 2. The molecule has 168 valence electrons. The maximum absolute atomic E-state index is 13.7. The van der Waals surface area contributed by atoms with E-state index in [-0.39, 0.29) is 11.8 Å². The van der Waals surface area contributed by atoms with Gasteiger partial charge in [-0.2, -0.15) is 0 Å². The first-order valence-electron chi connectivity index (χ1n) is 11.3. The van der Waals surface area contributed by atoms with E-state index in [0.29, 0.717) is 34.5 Å². The molecule has 2 aromatic rings. The van der Waals surface area contributed by atoms with Gasteiger partial charge in [0, 0.05) is 18.1 Å². The fourth-order valence-corrected chi connectivity index (χ4v) is 4.45. The Morgan fingerprint density at radius 1 is 1.03 bits per heavy atom. The number of ether oxygens (including phenoxy) is 1. The number of nitrogens with zero attached hydrogens (tertiary/aromatic N) is 2. The minimum Gasteiger partial charge on any atom is -0.494 e. The quantitative estimate of drug-likeness (QED) is 0.546. The standard InChI is InChI=1S/C26H29ClN2O3/c1-4-15-32-21-9-6-19(7-10-21)23-24(28-13-11-17(2)12-14-28)26(31)29(25(23)30)22-16-20(27)8-5-18(22)3/h5-10,16-17H,4,11-15H2,1-3H3. The molecule has 1 saturated heterocycles. The number of anilines is 1. The molecule has 0 N–H and O–H groups in total. The van der Waals surface area contributed by atoms with E-state index < -0.39 is 0 Å². The predicted molar refractivity (Wildman–Crippen MR) is 128 cm³/mol. The summed E-state index contributed by atoms with van der Waals surface area (Å²) in [6.45, 7) is 8.33. The highest BCUT2D eigenvalue weighted by atomic mass is 35.5. The molecule has 0 spiro atoms. The molecule has 4 rings (SSSR count). The van der Waals surface area contributed by atoms with E-state index in [1.54, 1.807) is 12.1 Å². The molecule has 0 bridgehead atoms. The van der Waals surface area contributed by atoms with Gasteiger partial charge in [-0.25, -0.2) is 4.90 Å². The van der Waals surface area contributed by atoms with Crippen LogP contribution in [0.25, 0.3) is 5.57 Å². The maximum Gasteiger partial charge on any atom is 0.282 e. The van der Waals surface area contributed by atoms with Gasteiger partial charge in [-0.15, -0.1) is 0 Å². The van der Waals surface area contributed by atoms with Crippen LogP contribution in [0.2, 0.25) is 5.02 Å². The van der Waals surface area contributed by atoms with Gasteiger partial charge >= 0.3 is 0 Å². The summed E-state index contributed by atoms with van der Waals surface area (Å²) < 4.78 is 5.69. The number of hydrogen-bond donors (Lipinski definition) is 0. The molecule has 0 radical (unpaired) electrons. The largest absolute Gasteiger partial charge is 0.494 e. The van der Waals surface area contributed by atoms with Gasteiger partial charge in [0.15, 0.2) is 0 Å². The summed E-state index contributed by atoms with van der Waals surface area (Å²) in [7, 11) is 0. The lowest BCUT2D eigenvalue weighted by molar-refractivity contribution is -0.120. The van der Waals surface area contributed by atoms with Crippen LogP contribution in [0.4, 0.5) is 5.69 Å². The Morgan fingerprint density at radius 2 is 1.72 bits per heavy atom. The number of rotatable bonds is 6. The van der Waals surface area contributed by atoms with Gasteiger partial charge < -0.3 is 9.64 Å². The van der Waals surface area contributed by atoms with Crippen LogP contribution in [0.15, 0.2) is 48.2 Å². The molecule has 0 aromatic heterocycles. The summed E-state index contributed by atoms with van der Waals surface area (Å²) >= 11 is 6.22. The molecule has 5 nitrogen and oxygen atoms in total. The Labute approximate surface area is 194 Å². The van der Waals surface area contributed by atoms with Crippen LogP contribution in [0.5, 0.6) is 5.75 Å². The van der Waals surface area contributed by atoms with Gasteiger partial charge in [0.25, 0.3) is 11.8 Å². The van der Waals surface area contributed by atoms with Crippen LogP contribution in [0.1, 0.15) is 44.2 Å². The van der Waals surface area contributed by atoms with Crippen LogP contribution < -0.4 is 9.64 Å². The van der Waals surface area contributed by atoms with Gasteiger partial charge in [-0.3, -0.25) is 9.59 Å². The highest BCUT2D eigenvalue weighted by molar-refractivity contribution is 6.45. The van der Waals surface area contributed by atoms with Crippen molar-refractivity contribution < 1.29 is 14.3 Å². The van der Waals surface area contributed by atoms with E-state index in [0.717, 1.165) is 49.2 Å². The number of carbonyl (C=O) groups is 2. The number of piperidine rings is 1. The Morgan fingerprint density at radius 3 is 2.38 bits per heavy atom. The van der Waals surface area contributed by atoms with Crippen molar-refractivity contribution in [3.05, 3.63) is 64.3 Å². The van der Waals surface area contributed by atoms with Gasteiger partial charge in [0.2, 0.25) is 0 Å². The Hall–Kier alpha value is -2.79. The Bertz CT molecular complexity index is 1050. The van der Waals surface area contributed by atoms with E-state index >= 15 is 0 Å². The minimum absolute atomic E-state index is 0.281. The zero-order chi connectivity index (χ0) is 22.8. The highest BCUT2D eigenvalue weighted by Crippen LogP contribution is 2.38. The van der Waals surface area contributed by atoms with Gasteiger partial charge in [-0.1, -0.05) is 43.6 Å². The van der Waals surface area contributed by atoms with Crippen LogP contribution in [0.3, 0.4) is 0 Å². The zero-order valence-electron chi connectivity index (χ0n) is 18.9. The highest BCUT2D eigenvalue weighted by Gasteiger charge is 2.43. The Kier molecular flexibility index (Phi) is 6.56. The second-order valence-corrected chi connectivity index (χ2v) is 9.08. The van der Waals surface area contributed by atoms with E-state index in [9.17, 15) is 9.59 Å². The van der Waals surface area contributed by atoms with Gasteiger partial charge in [-0.05, 0) is 67.5 Å². The molecule has 2 aliphatic heterocycles.